The topological polar surface area (TPSA) is 89.3 Å². The lowest BCUT2D eigenvalue weighted by atomic mass is 10.3. The molecule has 1 aromatic carbocycles. The summed E-state index contributed by atoms with van der Waals surface area (Å²) in [6.45, 7) is 0.0528. The summed E-state index contributed by atoms with van der Waals surface area (Å²) in [7, 11) is -3.78. The van der Waals surface area contributed by atoms with E-state index in [1.165, 1.54) is 0 Å². The maximum Gasteiger partial charge on any atom is 0.271 e. The van der Waals surface area contributed by atoms with Gasteiger partial charge in [0, 0.05) is 24.6 Å². The number of non-ortho nitro benzene ring substituents is 1. The Morgan fingerprint density at radius 3 is 2.53 bits per heavy atom. The van der Waals surface area contributed by atoms with E-state index in [4.69, 9.17) is 23.2 Å². The maximum atomic E-state index is 11.7. The van der Waals surface area contributed by atoms with Gasteiger partial charge in [0.2, 0.25) is 10.0 Å². The normalized spacial score (nSPS) is 11.4. The van der Waals surface area contributed by atoms with Crippen LogP contribution in [0.4, 0.5) is 5.69 Å². The second-order valence-electron chi connectivity index (χ2n) is 2.96. The Balaban J connectivity index is 3.12. The molecular formula is C8H8Cl2N2O4S. The second-order valence-corrected chi connectivity index (χ2v) is 5.48. The van der Waals surface area contributed by atoms with Crippen LogP contribution in [0.25, 0.3) is 0 Å². The van der Waals surface area contributed by atoms with Crippen LogP contribution in [0.1, 0.15) is 0 Å². The average Bonchev–Trinajstić information content (AvgIpc) is 2.25. The van der Waals surface area contributed by atoms with Crippen LogP contribution in [0.2, 0.25) is 5.02 Å². The Labute approximate surface area is 108 Å². The molecule has 0 saturated carbocycles. The van der Waals surface area contributed by atoms with Crippen molar-refractivity contribution in [1.82, 2.24) is 4.72 Å². The Kier molecular flexibility index (Phi) is 4.70. The summed E-state index contributed by atoms with van der Waals surface area (Å²) < 4.78 is 25.5. The van der Waals surface area contributed by atoms with Gasteiger partial charge in [0.25, 0.3) is 5.69 Å². The van der Waals surface area contributed by atoms with Crippen LogP contribution in [0.15, 0.2) is 23.1 Å². The number of alkyl halides is 1. The third-order valence-corrected chi connectivity index (χ3v) is 3.94. The smallest absolute Gasteiger partial charge is 0.258 e. The van der Waals surface area contributed by atoms with E-state index in [1.807, 2.05) is 0 Å². The fraction of sp³-hybridized carbons (Fsp3) is 0.250. The van der Waals surface area contributed by atoms with Gasteiger partial charge in [0.1, 0.15) is 4.90 Å². The van der Waals surface area contributed by atoms with E-state index in [1.54, 1.807) is 0 Å². The monoisotopic (exact) mass is 298 g/mol. The number of halogens is 2. The summed E-state index contributed by atoms with van der Waals surface area (Å²) in [6.07, 6.45) is 0. The van der Waals surface area contributed by atoms with Gasteiger partial charge in [0.15, 0.2) is 0 Å². The second kappa shape index (κ2) is 5.63. The number of nitro benzene ring substituents is 1. The van der Waals surface area contributed by atoms with Crippen LogP contribution in [0.3, 0.4) is 0 Å². The van der Waals surface area contributed by atoms with Gasteiger partial charge in [-0.05, 0) is 6.07 Å². The molecule has 0 aromatic heterocycles. The van der Waals surface area contributed by atoms with Gasteiger partial charge in [-0.15, -0.1) is 11.6 Å². The van der Waals surface area contributed by atoms with E-state index in [0.29, 0.717) is 0 Å². The van der Waals surface area contributed by atoms with E-state index < -0.39 is 14.9 Å². The molecule has 0 unspecified atom stereocenters. The van der Waals surface area contributed by atoms with Crippen LogP contribution in [0, 0.1) is 10.1 Å². The lowest BCUT2D eigenvalue weighted by Crippen LogP contribution is -2.25. The van der Waals surface area contributed by atoms with Gasteiger partial charge in [-0.1, -0.05) is 11.6 Å². The zero-order chi connectivity index (χ0) is 13.1. The summed E-state index contributed by atoms with van der Waals surface area (Å²) in [4.78, 5) is 9.58. The SMILES string of the molecule is O=[N+]([O-])c1ccc(S(=O)(=O)NCCCl)c(Cl)c1. The molecule has 6 nitrogen and oxygen atoms in total. The average molecular weight is 299 g/mol. The number of nitrogens with zero attached hydrogens (tertiary/aromatic N) is 1. The minimum Gasteiger partial charge on any atom is -0.258 e. The van der Waals surface area contributed by atoms with Gasteiger partial charge in [0.05, 0.1) is 9.95 Å². The van der Waals surface area contributed by atoms with E-state index in [0.717, 1.165) is 18.2 Å². The Morgan fingerprint density at radius 2 is 2.06 bits per heavy atom. The van der Waals surface area contributed by atoms with Crippen molar-refractivity contribution in [2.24, 2.45) is 0 Å². The van der Waals surface area contributed by atoms with E-state index in [9.17, 15) is 18.5 Å². The van der Waals surface area contributed by atoms with Crippen LogP contribution in [-0.4, -0.2) is 25.8 Å². The predicted molar refractivity (Wildman–Crippen MR) is 64.0 cm³/mol. The zero-order valence-electron chi connectivity index (χ0n) is 8.39. The fourth-order valence-electron chi connectivity index (χ4n) is 1.07. The third-order valence-electron chi connectivity index (χ3n) is 1.80. The largest absolute Gasteiger partial charge is 0.271 e. The predicted octanol–water partition coefficient (Wildman–Crippen LogP) is 1.77. The van der Waals surface area contributed by atoms with E-state index in [-0.39, 0.29) is 28.0 Å². The molecule has 94 valence electrons. The van der Waals surface area contributed by atoms with Crippen molar-refractivity contribution in [3.05, 3.63) is 33.3 Å². The zero-order valence-corrected chi connectivity index (χ0v) is 10.7. The standard InChI is InChI=1S/C8H8Cl2N2O4S/c9-3-4-11-17(15,16)8-2-1-6(12(13)14)5-7(8)10/h1-2,5,11H,3-4H2. The molecule has 1 N–H and O–H groups in total. The summed E-state index contributed by atoms with van der Waals surface area (Å²) in [5.41, 5.74) is -0.272. The highest BCUT2D eigenvalue weighted by molar-refractivity contribution is 7.89. The maximum absolute atomic E-state index is 11.7. The Hall–Kier alpha value is -0.890. The van der Waals surface area contributed by atoms with E-state index >= 15 is 0 Å². The summed E-state index contributed by atoms with van der Waals surface area (Å²) >= 11 is 11.0. The molecule has 0 radical (unpaired) electrons. The number of benzene rings is 1. The first kappa shape index (κ1) is 14.2. The lowest BCUT2D eigenvalue weighted by molar-refractivity contribution is -0.384. The molecule has 9 heteroatoms. The number of sulfonamides is 1. The van der Waals surface area contributed by atoms with Crippen LogP contribution in [-0.2, 0) is 10.0 Å². The van der Waals surface area contributed by atoms with Crippen molar-refractivity contribution in [2.45, 2.75) is 4.90 Å². The molecule has 0 aliphatic rings. The van der Waals surface area contributed by atoms with E-state index in [2.05, 4.69) is 4.72 Å². The molecule has 0 atom stereocenters. The van der Waals surface area contributed by atoms with Gasteiger partial charge in [-0.25, -0.2) is 13.1 Å². The van der Waals surface area contributed by atoms with Crippen LogP contribution >= 0.6 is 23.2 Å². The van der Waals surface area contributed by atoms with Crippen molar-refractivity contribution in [3.63, 3.8) is 0 Å². The molecule has 0 saturated heterocycles. The minimum atomic E-state index is -3.78. The molecule has 0 spiro atoms. The van der Waals surface area contributed by atoms with Crippen molar-refractivity contribution in [3.8, 4) is 0 Å². The molecule has 0 heterocycles. The Bertz CT molecular complexity index is 532. The number of nitro groups is 1. The summed E-state index contributed by atoms with van der Waals surface area (Å²) in [5.74, 6) is 0.115. The highest BCUT2D eigenvalue weighted by Crippen LogP contribution is 2.25. The number of hydrogen-bond acceptors (Lipinski definition) is 4. The highest BCUT2D eigenvalue weighted by Gasteiger charge is 2.19. The molecule has 1 rings (SSSR count). The van der Waals surface area contributed by atoms with Gasteiger partial charge in [-0.3, -0.25) is 10.1 Å². The number of hydrogen-bond donors (Lipinski definition) is 1. The Morgan fingerprint density at radius 1 is 1.41 bits per heavy atom. The quantitative estimate of drug-likeness (QED) is 0.509. The first-order chi connectivity index (χ1) is 7.88. The molecule has 0 aliphatic heterocycles. The third kappa shape index (κ3) is 3.53. The number of nitrogens with one attached hydrogen (secondary N) is 1. The molecule has 0 amide bonds. The first-order valence-electron chi connectivity index (χ1n) is 4.38. The molecule has 0 fully saturated rings. The molecule has 0 bridgehead atoms. The number of rotatable bonds is 5. The molecular weight excluding hydrogens is 291 g/mol. The molecule has 0 aliphatic carbocycles. The summed E-state index contributed by atoms with van der Waals surface area (Å²) in [6, 6.07) is 3.13. The molecule has 17 heavy (non-hydrogen) atoms. The van der Waals surface area contributed by atoms with Gasteiger partial charge >= 0.3 is 0 Å². The first-order valence-corrected chi connectivity index (χ1v) is 6.77. The summed E-state index contributed by atoms with van der Waals surface area (Å²) in [5, 5.41) is 10.2. The minimum absolute atomic E-state index is 0.0528. The van der Waals surface area contributed by atoms with Crippen molar-refractivity contribution in [1.29, 1.82) is 0 Å². The van der Waals surface area contributed by atoms with Crippen molar-refractivity contribution in [2.75, 3.05) is 12.4 Å². The van der Waals surface area contributed by atoms with Crippen LogP contribution in [0.5, 0.6) is 0 Å². The van der Waals surface area contributed by atoms with Crippen molar-refractivity contribution < 1.29 is 13.3 Å². The van der Waals surface area contributed by atoms with Crippen LogP contribution < -0.4 is 4.72 Å². The fourth-order valence-corrected chi connectivity index (χ4v) is 2.85. The highest BCUT2D eigenvalue weighted by atomic mass is 35.5. The van der Waals surface area contributed by atoms with Gasteiger partial charge in [-0.2, -0.15) is 0 Å². The van der Waals surface area contributed by atoms with Crippen molar-refractivity contribution >= 4 is 38.9 Å². The molecule has 1 aromatic rings. The lowest BCUT2D eigenvalue weighted by Gasteiger charge is -2.06. The van der Waals surface area contributed by atoms with Gasteiger partial charge < -0.3 is 0 Å².